The molecule has 1 amide bonds. The van der Waals surface area contributed by atoms with Crippen LogP contribution in [0.25, 0.3) is 17.5 Å². The summed E-state index contributed by atoms with van der Waals surface area (Å²) in [5, 5.41) is 10.3. The van der Waals surface area contributed by atoms with Crippen molar-refractivity contribution in [3.8, 4) is 40.2 Å². The molecule has 1 N–H and O–H groups in total. The maximum Gasteiger partial charge on any atom is 0.322 e. The first-order chi connectivity index (χ1) is 15.1. The van der Waals surface area contributed by atoms with Gasteiger partial charge in [-0.1, -0.05) is 5.10 Å². The minimum Gasteiger partial charge on any atom is -0.493 e. The predicted octanol–water partition coefficient (Wildman–Crippen LogP) is 3.14. The number of carbonyl (C=O) groups excluding carboxylic acids is 1. The van der Waals surface area contributed by atoms with Crippen molar-refractivity contribution in [1.29, 1.82) is 0 Å². The van der Waals surface area contributed by atoms with E-state index in [4.69, 9.17) is 28.1 Å². The van der Waals surface area contributed by atoms with Crippen molar-refractivity contribution in [2.24, 2.45) is 0 Å². The molecule has 4 rings (SSSR count). The van der Waals surface area contributed by atoms with E-state index in [1.54, 1.807) is 36.4 Å². The van der Waals surface area contributed by atoms with Crippen molar-refractivity contribution < 1.29 is 32.9 Å². The Labute approximate surface area is 177 Å². The number of fused-ring (bicyclic) bond motifs is 1. The summed E-state index contributed by atoms with van der Waals surface area (Å²) in [5.41, 5.74) is 1.32. The van der Waals surface area contributed by atoms with Crippen LogP contribution in [0.5, 0.6) is 28.7 Å². The molecule has 3 aromatic rings. The summed E-state index contributed by atoms with van der Waals surface area (Å²) in [6.45, 7) is 0.169. The predicted molar refractivity (Wildman–Crippen MR) is 110 cm³/mol. The van der Waals surface area contributed by atoms with Crippen molar-refractivity contribution in [2.75, 3.05) is 33.4 Å². The van der Waals surface area contributed by atoms with E-state index >= 15 is 0 Å². The van der Waals surface area contributed by atoms with Crippen LogP contribution >= 0.6 is 0 Å². The highest BCUT2D eigenvalue weighted by Gasteiger charge is 2.17. The molecule has 1 aliphatic heterocycles. The Morgan fingerprint density at radius 1 is 1.00 bits per heavy atom. The summed E-state index contributed by atoms with van der Waals surface area (Å²) in [5.74, 6) is 2.45. The van der Waals surface area contributed by atoms with Gasteiger partial charge < -0.3 is 28.1 Å². The highest BCUT2D eigenvalue weighted by Crippen LogP contribution is 2.38. The molecule has 1 aliphatic rings. The van der Waals surface area contributed by atoms with Gasteiger partial charge in [0.05, 0.1) is 21.3 Å². The quantitative estimate of drug-likeness (QED) is 0.570. The number of hydrogen-bond donors (Lipinski definition) is 1. The van der Waals surface area contributed by atoms with Gasteiger partial charge in [-0.2, -0.15) is 0 Å². The summed E-state index contributed by atoms with van der Waals surface area (Å²) in [7, 11) is 4.56. The average Bonchev–Trinajstić information content (AvgIpc) is 3.45. The van der Waals surface area contributed by atoms with Gasteiger partial charge in [0.25, 0.3) is 5.91 Å². The molecule has 0 aliphatic carbocycles. The average molecular weight is 425 g/mol. The smallest absolute Gasteiger partial charge is 0.322 e. The standard InChI is InChI=1S/C21H19N3O7/c1-26-16-8-12(9-17(27-2)19(16)28-3)4-7-18(25)22-21-24-23-20(31-21)13-5-6-14-15(10-13)30-11-29-14/h4-10H,11H2,1-3H3,(H,22,24,25)/b7-4+. The fourth-order valence-electron chi connectivity index (χ4n) is 2.94. The molecular weight excluding hydrogens is 406 g/mol. The van der Waals surface area contributed by atoms with Gasteiger partial charge >= 0.3 is 6.01 Å². The molecule has 0 bridgehead atoms. The lowest BCUT2D eigenvalue weighted by Crippen LogP contribution is -2.07. The van der Waals surface area contributed by atoms with E-state index in [-0.39, 0.29) is 18.7 Å². The van der Waals surface area contributed by atoms with Gasteiger partial charge in [-0.25, -0.2) is 0 Å². The Hall–Kier alpha value is -4.21. The summed E-state index contributed by atoms with van der Waals surface area (Å²) >= 11 is 0. The number of carbonyl (C=O) groups is 1. The van der Waals surface area contributed by atoms with Gasteiger partial charge in [-0.05, 0) is 42.0 Å². The molecule has 0 spiro atoms. The molecule has 10 nitrogen and oxygen atoms in total. The van der Waals surface area contributed by atoms with Crippen LogP contribution in [0.4, 0.5) is 6.01 Å². The molecule has 160 valence electrons. The number of ether oxygens (including phenoxy) is 5. The highest BCUT2D eigenvalue weighted by molar-refractivity contribution is 6.00. The third kappa shape index (κ3) is 4.22. The molecule has 2 aromatic carbocycles. The van der Waals surface area contributed by atoms with Gasteiger partial charge in [0.1, 0.15) is 0 Å². The van der Waals surface area contributed by atoms with Crippen molar-refractivity contribution in [3.63, 3.8) is 0 Å². The third-order valence-corrected chi connectivity index (χ3v) is 4.39. The van der Waals surface area contributed by atoms with Crippen molar-refractivity contribution >= 4 is 18.0 Å². The normalized spacial score (nSPS) is 12.1. The van der Waals surface area contributed by atoms with Crippen molar-refractivity contribution in [3.05, 3.63) is 42.0 Å². The number of nitrogens with zero attached hydrogens (tertiary/aromatic N) is 2. The van der Waals surface area contributed by atoms with Crippen LogP contribution < -0.4 is 29.0 Å². The van der Waals surface area contributed by atoms with E-state index in [1.807, 2.05) is 0 Å². The minimum atomic E-state index is -0.449. The number of anilines is 1. The second-order valence-corrected chi connectivity index (χ2v) is 6.26. The molecule has 10 heteroatoms. The lowest BCUT2D eigenvalue weighted by Gasteiger charge is -2.12. The maximum absolute atomic E-state index is 12.3. The monoisotopic (exact) mass is 425 g/mol. The lowest BCUT2D eigenvalue weighted by atomic mass is 10.1. The van der Waals surface area contributed by atoms with Crippen LogP contribution in [0, 0.1) is 0 Å². The molecule has 0 radical (unpaired) electrons. The topological polar surface area (TPSA) is 114 Å². The fraction of sp³-hybridized carbons (Fsp3) is 0.190. The summed E-state index contributed by atoms with van der Waals surface area (Å²) in [6, 6.07) is 8.64. The number of benzene rings is 2. The van der Waals surface area contributed by atoms with Gasteiger partial charge in [-0.3, -0.25) is 10.1 Å². The zero-order valence-corrected chi connectivity index (χ0v) is 17.0. The second-order valence-electron chi connectivity index (χ2n) is 6.26. The lowest BCUT2D eigenvalue weighted by molar-refractivity contribution is -0.112. The molecule has 0 fully saturated rings. The first-order valence-corrected chi connectivity index (χ1v) is 9.14. The van der Waals surface area contributed by atoms with Crippen LogP contribution in [0.1, 0.15) is 5.56 Å². The number of methoxy groups -OCH3 is 3. The molecule has 2 heterocycles. The maximum atomic E-state index is 12.3. The van der Waals surface area contributed by atoms with E-state index in [1.165, 1.54) is 27.4 Å². The van der Waals surface area contributed by atoms with Crippen LogP contribution in [0.2, 0.25) is 0 Å². The molecule has 0 saturated carbocycles. The van der Waals surface area contributed by atoms with Gasteiger partial charge in [0.15, 0.2) is 23.0 Å². The zero-order valence-electron chi connectivity index (χ0n) is 17.0. The number of rotatable bonds is 7. The second kappa shape index (κ2) is 8.66. The zero-order chi connectivity index (χ0) is 21.8. The Balaban J connectivity index is 1.45. The minimum absolute atomic E-state index is 0.0350. The first kappa shape index (κ1) is 20.1. The third-order valence-electron chi connectivity index (χ3n) is 4.39. The van der Waals surface area contributed by atoms with Crippen molar-refractivity contribution in [2.45, 2.75) is 0 Å². The molecular formula is C21H19N3O7. The number of hydrogen-bond acceptors (Lipinski definition) is 9. The summed E-state index contributed by atoms with van der Waals surface area (Å²) in [6.07, 6.45) is 2.92. The SMILES string of the molecule is COc1cc(/C=C/C(=O)Nc2nnc(-c3ccc4c(c3)OCO4)o2)cc(OC)c1OC. The first-order valence-electron chi connectivity index (χ1n) is 9.14. The summed E-state index contributed by atoms with van der Waals surface area (Å²) in [4.78, 5) is 12.3. The number of amides is 1. The Kier molecular flexibility index (Phi) is 5.61. The van der Waals surface area contributed by atoms with Gasteiger partial charge in [-0.15, -0.1) is 5.10 Å². The van der Waals surface area contributed by atoms with E-state index < -0.39 is 5.91 Å². The van der Waals surface area contributed by atoms with Crippen LogP contribution in [-0.4, -0.2) is 44.2 Å². The molecule has 0 atom stereocenters. The molecule has 1 aromatic heterocycles. The highest BCUT2D eigenvalue weighted by atomic mass is 16.7. The van der Waals surface area contributed by atoms with Crippen LogP contribution in [0.15, 0.2) is 40.8 Å². The number of aromatic nitrogens is 2. The molecule has 0 unspecified atom stereocenters. The molecule has 0 saturated heterocycles. The number of nitrogens with one attached hydrogen (secondary N) is 1. The van der Waals surface area contributed by atoms with E-state index in [9.17, 15) is 4.79 Å². The van der Waals surface area contributed by atoms with Crippen LogP contribution in [0.3, 0.4) is 0 Å². The van der Waals surface area contributed by atoms with Crippen molar-refractivity contribution in [1.82, 2.24) is 10.2 Å². The molecule has 31 heavy (non-hydrogen) atoms. The Morgan fingerprint density at radius 3 is 2.45 bits per heavy atom. The Bertz CT molecular complexity index is 1110. The Morgan fingerprint density at radius 2 is 1.74 bits per heavy atom. The van der Waals surface area contributed by atoms with E-state index in [0.29, 0.717) is 39.9 Å². The summed E-state index contributed by atoms with van der Waals surface area (Å²) < 4.78 is 32.0. The largest absolute Gasteiger partial charge is 0.493 e. The fourth-order valence-corrected chi connectivity index (χ4v) is 2.94. The van der Waals surface area contributed by atoms with Crippen LogP contribution in [-0.2, 0) is 4.79 Å². The van der Waals surface area contributed by atoms with E-state index in [0.717, 1.165) is 0 Å². The van der Waals surface area contributed by atoms with E-state index in [2.05, 4.69) is 15.5 Å². The van der Waals surface area contributed by atoms with Gasteiger partial charge in [0, 0.05) is 11.6 Å². The van der Waals surface area contributed by atoms with Gasteiger partial charge in [0.2, 0.25) is 18.4 Å².